The van der Waals surface area contributed by atoms with Crippen molar-refractivity contribution >= 4 is 17.3 Å². The summed E-state index contributed by atoms with van der Waals surface area (Å²) in [7, 11) is 0. The standard InChI is InChI=1S/C20H22FN3O4/c1-14-4-9-18(21)19(11-14)23-10-2-3-15(12-23)22-20(25)13-28-17-7-5-16(6-8-17)24(26)27/h4-9,11,15H,2-3,10,12-13H2,1H3,(H,22,25). The maximum Gasteiger partial charge on any atom is 0.269 e. The second kappa shape index (κ2) is 8.69. The Morgan fingerprint density at radius 3 is 2.79 bits per heavy atom. The average molecular weight is 387 g/mol. The Morgan fingerprint density at radius 1 is 1.32 bits per heavy atom. The lowest BCUT2D eigenvalue weighted by Gasteiger charge is -2.35. The Balaban J connectivity index is 1.52. The zero-order valence-electron chi connectivity index (χ0n) is 15.6. The highest BCUT2D eigenvalue weighted by atomic mass is 19.1. The second-order valence-corrected chi connectivity index (χ2v) is 6.85. The summed E-state index contributed by atoms with van der Waals surface area (Å²) >= 11 is 0. The van der Waals surface area contributed by atoms with E-state index in [-0.39, 0.29) is 30.1 Å². The molecular formula is C20H22FN3O4. The number of nitrogens with one attached hydrogen (secondary N) is 1. The number of hydrogen-bond donors (Lipinski definition) is 1. The average Bonchev–Trinajstić information content (AvgIpc) is 2.69. The molecule has 1 unspecified atom stereocenters. The number of piperidine rings is 1. The van der Waals surface area contributed by atoms with Crippen molar-refractivity contribution in [1.82, 2.24) is 5.32 Å². The van der Waals surface area contributed by atoms with Gasteiger partial charge in [-0.1, -0.05) is 6.07 Å². The molecule has 1 aliphatic rings. The molecule has 0 aliphatic carbocycles. The van der Waals surface area contributed by atoms with Gasteiger partial charge in [-0.3, -0.25) is 14.9 Å². The molecule has 1 saturated heterocycles. The molecule has 1 atom stereocenters. The van der Waals surface area contributed by atoms with E-state index < -0.39 is 4.92 Å². The van der Waals surface area contributed by atoms with Crippen molar-refractivity contribution in [3.8, 4) is 5.75 Å². The van der Waals surface area contributed by atoms with Gasteiger partial charge in [0.2, 0.25) is 0 Å². The summed E-state index contributed by atoms with van der Waals surface area (Å²) in [5, 5.41) is 13.6. The van der Waals surface area contributed by atoms with Crippen LogP contribution in [0.1, 0.15) is 18.4 Å². The predicted octanol–water partition coefficient (Wildman–Crippen LogP) is 3.21. The van der Waals surface area contributed by atoms with Crippen LogP contribution in [0.2, 0.25) is 0 Å². The number of nitrogens with zero attached hydrogens (tertiary/aromatic N) is 2. The summed E-state index contributed by atoms with van der Waals surface area (Å²) in [6.07, 6.45) is 1.66. The highest BCUT2D eigenvalue weighted by Crippen LogP contribution is 2.24. The van der Waals surface area contributed by atoms with Crippen LogP contribution in [0.15, 0.2) is 42.5 Å². The monoisotopic (exact) mass is 387 g/mol. The maximum atomic E-state index is 14.1. The molecule has 1 N–H and O–H groups in total. The second-order valence-electron chi connectivity index (χ2n) is 6.85. The molecule has 8 heteroatoms. The third-order valence-electron chi connectivity index (χ3n) is 4.65. The van der Waals surface area contributed by atoms with Crippen LogP contribution < -0.4 is 15.0 Å². The predicted molar refractivity (Wildman–Crippen MR) is 103 cm³/mol. The van der Waals surface area contributed by atoms with Crippen LogP contribution >= 0.6 is 0 Å². The van der Waals surface area contributed by atoms with Gasteiger partial charge < -0.3 is 15.0 Å². The molecule has 28 heavy (non-hydrogen) atoms. The SMILES string of the molecule is Cc1ccc(F)c(N2CCCC(NC(=O)COc3ccc([N+](=O)[O-])cc3)C2)c1. The molecule has 7 nitrogen and oxygen atoms in total. The van der Waals surface area contributed by atoms with Crippen molar-refractivity contribution in [2.24, 2.45) is 0 Å². The van der Waals surface area contributed by atoms with Crippen LogP contribution in [0.3, 0.4) is 0 Å². The molecule has 1 amide bonds. The van der Waals surface area contributed by atoms with Gasteiger partial charge in [-0.25, -0.2) is 4.39 Å². The third kappa shape index (κ3) is 4.97. The van der Waals surface area contributed by atoms with E-state index in [9.17, 15) is 19.3 Å². The molecule has 1 fully saturated rings. The molecule has 2 aromatic carbocycles. The fraction of sp³-hybridized carbons (Fsp3) is 0.350. The van der Waals surface area contributed by atoms with Crippen LogP contribution in [0.25, 0.3) is 0 Å². The number of nitro groups is 1. The lowest BCUT2D eigenvalue weighted by atomic mass is 10.0. The summed E-state index contributed by atoms with van der Waals surface area (Å²) in [5.41, 5.74) is 1.50. The first-order chi connectivity index (χ1) is 13.4. The van der Waals surface area contributed by atoms with Crippen molar-refractivity contribution in [2.45, 2.75) is 25.8 Å². The van der Waals surface area contributed by atoms with Gasteiger partial charge >= 0.3 is 0 Å². The summed E-state index contributed by atoms with van der Waals surface area (Å²) in [5.74, 6) is -0.165. The topological polar surface area (TPSA) is 84.7 Å². The number of amides is 1. The molecule has 0 aromatic heterocycles. The first kappa shape index (κ1) is 19.6. The minimum absolute atomic E-state index is 0.0394. The minimum atomic E-state index is -0.498. The van der Waals surface area contributed by atoms with E-state index in [1.165, 1.54) is 30.3 Å². The van der Waals surface area contributed by atoms with Crippen LogP contribution in [0.4, 0.5) is 15.8 Å². The van der Waals surface area contributed by atoms with Crippen LogP contribution in [0.5, 0.6) is 5.75 Å². The molecule has 0 spiro atoms. The van der Waals surface area contributed by atoms with Crippen molar-refractivity contribution in [3.05, 3.63) is 64.0 Å². The third-order valence-corrected chi connectivity index (χ3v) is 4.65. The highest BCUT2D eigenvalue weighted by molar-refractivity contribution is 5.78. The normalized spacial score (nSPS) is 16.5. The highest BCUT2D eigenvalue weighted by Gasteiger charge is 2.23. The van der Waals surface area contributed by atoms with Crippen molar-refractivity contribution in [1.29, 1.82) is 0 Å². The first-order valence-electron chi connectivity index (χ1n) is 9.10. The number of aryl methyl sites for hydroxylation is 1. The molecule has 148 valence electrons. The van der Waals surface area contributed by atoms with Gasteiger partial charge in [0, 0.05) is 31.3 Å². The van der Waals surface area contributed by atoms with E-state index in [0.29, 0.717) is 18.0 Å². The van der Waals surface area contributed by atoms with Gasteiger partial charge in [0.15, 0.2) is 6.61 Å². The van der Waals surface area contributed by atoms with Crippen molar-refractivity contribution in [2.75, 3.05) is 24.6 Å². The molecule has 1 heterocycles. The molecular weight excluding hydrogens is 365 g/mol. The lowest BCUT2D eigenvalue weighted by molar-refractivity contribution is -0.384. The fourth-order valence-corrected chi connectivity index (χ4v) is 3.26. The number of ether oxygens (including phenoxy) is 1. The van der Waals surface area contributed by atoms with E-state index in [2.05, 4.69) is 5.32 Å². The Hall–Kier alpha value is -3.16. The fourth-order valence-electron chi connectivity index (χ4n) is 3.26. The van der Waals surface area contributed by atoms with Gasteiger partial charge in [-0.2, -0.15) is 0 Å². The Labute approximate surface area is 162 Å². The number of hydrogen-bond acceptors (Lipinski definition) is 5. The molecule has 0 bridgehead atoms. The molecule has 3 rings (SSSR count). The summed E-state index contributed by atoms with van der Waals surface area (Å²) in [6, 6.07) is 10.5. The van der Waals surface area contributed by atoms with Gasteiger partial charge in [0.1, 0.15) is 11.6 Å². The number of carbonyl (C=O) groups excluding carboxylic acids is 1. The zero-order chi connectivity index (χ0) is 20.1. The van der Waals surface area contributed by atoms with E-state index in [1.807, 2.05) is 17.9 Å². The van der Waals surface area contributed by atoms with E-state index in [4.69, 9.17) is 4.74 Å². The van der Waals surface area contributed by atoms with Crippen molar-refractivity contribution < 1.29 is 18.8 Å². The van der Waals surface area contributed by atoms with Crippen LogP contribution in [-0.4, -0.2) is 36.6 Å². The molecule has 0 saturated carbocycles. The number of nitro benzene ring substituents is 1. The summed E-state index contributed by atoms with van der Waals surface area (Å²) < 4.78 is 19.5. The number of anilines is 1. The lowest BCUT2D eigenvalue weighted by Crippen LogP contribution is -2.49. The minimum Gasteiger partial charge on any atom is -0.484 e. The van der Waals surface area contributed by atoms with Crippen LogP contribution in [0, 0.1) is 22.9 Å². The van der Waals surface area contributed by atoms with E-state index in [0.717, 1.165) is 24.9 Å². The number of benzene rings is 2. The van der Waals surface area contributed by atoms with Crippen molar-refractivity contribution in [3.63, 3.8) is 0 Å². The Morgan fingerprint density at radius 2 is 2.07 bits per heavy atom. The molecule has 0 radical (unpaired) electrons. The van der Waals surface area contributed by atoms with Gasteiger partial charge in [0.25, 0.3) is 11.6 Å². The maximum absolute atomic E-state index is 14.1. The molecule has 2 aromatic rings. The Bertz CT molecular complexity index is 857. The number of halogens is 1. The van der Waals surface area contributed by atoms with Crippen LogP contribution in [-0.2, 0) is 4.79 Å². The molecule has 1 aliphatic heterocycles. The van der Waals surface area contributed by atoms with E-state index >= 15 is 0 Å². The number of non-ortho nitro benzene ring substituents is 1. The van der Waals surface area contributed by atoms with Gasteiger partial charge in [-0.15, -0.1) is 0 Å². The largest absolute Gasteiger partial charge is 0.484 e. The number of rotatable bonds is 6. The van der Waals surface area contributed by atoms with E-state index in [1.54, 1.807) is 6.07 Å². The number of carbonyl (C=O) groups is 1. The summed E-state index contributed by atoms with van der Waals surface area (Å²) in [6.45, 7) is 3.00. The quantitative estimate of drug-likeness (QED) is 0.608. The Kier molecular flexibility index (Phi) is 6.08. The smallest absolute Gasteiger partial charge is 0.269 e. The van der Waals surface area contributed by atoms with Gasteiger partial charge in [-0.05, 0) is 49.6 Å². The van der Waals surface area contributed by atoms with Gasteiger partial charge in [0.05, 0.1) is 10.6 Å². The zero-order valence-corrected chi connectivity index (χ0v) is 15.6. The summed E-state index contributed by atoms with van der Waals surface area (Å²) in [4.78, 5) is 24.3. The first-order valence-corrected chi connectivity index (χ1v) is 9.10.